The summed E-state index contributed by atoms with van der Waals surface area (Å²) in [5.74, 6) is -1.18. The lowest BCUT2D eigenvalue weighted by Crippen LogP contribution is -2.45. The molecular weight excluding hydrogens is 556 g/mol. The van der Waals surface area contributed by atoms with Crippen molar-refractivity contribution >= 4 is 11.9 Å². The van der Waals surface area contributed by atoms with Crippen LogP contribution < -0.4 is 5.73 Å². The van der Waals surface area contributed by atoms with Gasteiger partial charge in [0.1, 0.15) is 0 Å². The largest absolute Gasteiger partial charge is 0.481 e. The van der Waals surface area contributed by atoms with E-state index in [4.69, 9.17) is 10.8 Å². The van der Waals surface area contributed by atoms with E-state index in [1.54, 1.807) is 0 Å². The third-order valence-corrected chi connectivity index (χ3v) is 9.59. The summed E-state index contributed by atoms with van der Waals surface area (Å²) >= 11 is 0. The van der Waals surface area contributed by atoms with Gasteiger partial charge in [0.2, 0.25) is 5.91 Å². The number of amides is 1. The normalized spacial score (nSPS) is 12.1. The first kappa shape index (κ1) is 43.9. The van der Waals surface area contributed by atoms with Crippen molar-refractivity contribution in [2.24, 2.45) is 5.73 Å². The van der Waals surface area contributed by atoms with Gasteiger partial charge in [0.15, 0.2) is 0 Å². The number of carbonyl (C=O) groups excluding carboxylic acids is 1. The fraction of sp³-hybridized carbons (Fsp3) is 0.950. The van der Waals surface area contributed by atoms with Crippen LogP contribution in [0, 0.1) is 0 Å². The van der Waals surface area contributed by atoms with Crippen LogP contribution in [0.15, 0.2) is 0 Å². The second kappa shape index (κ2) is 35.7. The van der Waals surface area contributed by atoms with E-state index < -0.39 is 12.0 Å². The summed E-state index contributed by atoms with van der Waals surface area (Å²) in [6.07, 6.45) is 42.3. The molecule has 0 heterocycles. The molecule has 5 heteroatoms. The maximum atomic E-state index is 12.9. The van der Waals surface area contributed by atoms with E-state index in [9.17, 15) is 9.59 Å². The first-order chi connectivity index (χ1) is 22.0. The summed E-state index contributed by atoms with van der Waals surface area (Å²) in [5.41, 5.74) is 5.97. The summed E-state index contributed by atoms with van der Waals surface area (Å²) in [5, 5.41) is 9.11. The van der Waals surface area contributed by atoms with Gasteiger partial charge >= 0.3 is 5.97 Å². The van der Waals surface area contributed by atoms with Crippen molar-refractivity contribution in [3.8, 4) is 0 Å². The molecule has 0 aromatic heterocycles. The molecule has 0 aliphatic rings. The Morgan fingerprint density at radius 3 is 0.889 bits per heavy atom. The summed E-state index contributed by atoms with van der Waals surface area (Å²) in [6.45, 7) is 5.98. The quantitative estimate of drug-likeness (QED) is 0.0664. The van der Waals surface area contributed by atoms with Crippen LogP contribution in [0.1, 0.15) is 226 Å². The van der Waals surface area contributed by atoms with E-state index >= 15 is 0 Å². The lowest BCUT2D eigenvalue weighted by molar-refractivity contribution is -0.142. The monoisotopic (exact) mass is 637 g/mol. The van der Waals surface area contributed by atoms with Gasteiger partial charge in [0.05, 0.1) is 12.5 Å². The van der Waals surface area contributed by atoms with Crippen LogP contribution in [0.3, 0.4) is 0 Å². The predicted molar refractivity (Wildman–Crippen MR) is 196 cm³/mol. The van der Waals surface area contributed by atoms with Crippen LogP contribution in [0.2, 0.25) is 0 Å². The molecule has 0 aliphatic carbocycles. The highest BCUT2D eigenvalue weighted by molar-refractivity contribution is 5.85. The first-order valence-electron chi connectivity index (χ1n) is 20.3. The number of rotatable bonds is 37. The minimum Gasteiger partial charge on any atom is -0.481 e. The zero-order chi connectivity index (χ0) is 33.1. The smallest absolute Gasteiger partial charge is 0.305 e. The molecule has 5 nitrogen and oxygen atoms in total. The van der Waals surface area contributed by atoms with Gasteiger partial charge in [-0.3, -0.25) is 9.59 Å². The van der Waals surface area contributed by atoms with Crippen molar-refractivity contribution in [3.05, 3.63) is 0 Å². The molecule has 0 saturated heterocycles. The van der Waals surface area contributed by atoms with E-state index in [0.29, 0.717) is 13.1 Å². The van der Waals surface area contributed by atoms with Crippen molar-refractivity contribution in [2.75, 3.05) is 13.1 Å². The summed E-state index contributed by atoms with van der Waals surface area (Å²) in [6, 6.07) is -0.926. The van der Waals surface area contributed by atoms with Crippen LogP contribution in [0.25, 0.3) is 0 Å². The number of nitrogens with two attached hydrogens (primary N) is 1. The Kier molecular flexibility index (Phi) is 34.9. The molecule has 0 radical (unpaired) electrons. The van der Waals surface area contributed by atoms with Crippen LogP contribution in [0.5, 0.6) is 0 Å². The molecule has 3 N–H and O–H groups in total. The maximum absolute atomic E-state index is 12.9. The minimum absolute atomic E-state index is 0.181. The van der Waals surface area contributed by atoms with Crippen LogP contribution in [-0.4, -0.2) is 41.0 Å². The molecule has 0 fully saturated rings. The van der Waals surface area contributed by atoms with Crippen molar-refractivity contribution in [2.45, 2.75) is 232 Å². The maximum Gasteiger partial charge on any atom is 0.305 e. The van der Waals surface area contributed by atoms with Gasteiger partial charge in [-0.2, -0.15) is 0 Å². The summed E-state index contributed by atoms with van der Waals surface area (Å²) < 4.78 is 0. The van der Waals surface area contributed by atoms with Crippen molar-refractivity contribution in [3.63, 3.8) is 0 Å². The molecule has 1 atom stereocenters. The Hall–Kier alpha value is -1.10. The molecule has 1 unspecified atom stereocenters. The second-order valence-corrected chi connectivity index (χ2v) is 14.1. The average Bonchev–Trinajstić information content (AvgIpc) is 3.02. The average molecular weight is 637 g/mol. The highest BCUT2D eigenvalue weighted by Crippen LogP contribution is 2.16. The Balaban J connectivity index is 3.87. The van der Waals surface area contributed by atoms with E-state index in [1.807, 2.05) is 4.90 Å². The Labute approximate surface area is 281 Å². The van der Waals surface area contributed by atoms with Crippen LogP contribution in [0.4, 0.5) is 0 Å². The van der Waals surface area contributed by atoms with Gasteiger partial charge in [0.25, 0.3) is 0 Å². The van der Waals surface area contributed by atoms with Gasteiger partial charge < -0.3 is 15.7 Å². The number of carbonyl (C=O) groups is 2. The van der Waals surface area contributed by atoms with Gasteiger partial charge in [-0.15, -0.1) is 0 Å². The van der Waals surface area contributed by atoms with Crippen LogP contribution >= 0.6 is 0 Å². The highest BCUT2D eigenvalue weighted by Gasteiger charge is 2.22. The Morgan fingerprint density at radius 1 is 0.444 bits per heavy atom. The number of hydrogen-bond acceptors (Lipinski definition) is 3. The summed E-state index contributed by atoms with van der Waals surface area (Å²) in [4.78, 5) is 25.9. The van der Waals surface area contributed by atoms with Gasteiger partial charge in [-0.05, 0) is 12.8 Å². The second-order valence-electron chi connectivity index (χ2n) is 14.1. The first-order valence-corrected chi connectivity index (χ1v) is 20.3. The van der Waals surface area contributed by atoms with Gasteiger partial charge in [0, 0.05) is 13.1 Å². The molecule has 0 aliphatic heterocycles. The fourth-order valence-electron chi connectivity index (χ4n) is 6.54. The fourth-order valence-corrected chi connectivity index (χ4v) is 6.54. The van der Waals surface area contributed by atoms with Crippen molar-refractivity contribution in [1.82, 2.24) is 4.90 Å². The zero-order valence-electron chi connectivity index (χ0n) is 30.6. The molecule has 1 amide bonds. The molecule has 0 rings (SSSR count). The Bertz CT molecular complexity index is 591. The molecule has 0 saturated carbocycles. The lowest BCUT2D eigenvalue weighted by Gasteiger charge is -2.25. The number of carboxylic acid groups (broad SMARTS) is 1. The van der Waals surface area contributed by atoms with E-state index in [2.05, 4.69) is 13.8 Å². The topological polar surface area (TPSA) is 83.6 Å². The van der Waals surface area contributed by atoms with Crippen molar-refractivity contribution in [1.29, 1.82) is 0 Å². The zero-order valence-corrected chi connectivity index (χ0v) is 30.6. The number of nitrogens with zero attached hydrogens (tertiary/aromatic N) is 1. The number of hydrogen-bond donors (Lipinski definition) is 2. The summed E-state index contributed by atoms with van der Waals surface area (Å²) in [7, 11) is 0. The van der Waals surface area contributed by atoms with Gasteiger partial charge in [-0.25, -0.2) is 0 Å². The number of carboxylic acids is 1. The lowest BCUT2D eigenvalue weighted by atomic mass is 10.0. The highest BCUT2D eigenvalue weighted by atomic mass is 16.4. The SMILES string of the molecule is CCCCCCCCCCCCCCCCCCN(CCCCCCCCCCCCCCCCCC)C(=O)C(N)CC(=O)O. The Morgan fingerprint density at radius 2 is 0.667 bits per heavy atom. The number of unbranched alkanes of at least 4 members (excludes halogenated alkanes) is 30. The molecule has 0 spiro atoms. The molecule has 268 valence electrons. The van der Waals surface area contributed by atoms with E-state index in [1.165, 1.54) is 180 Å². The third kappa shape index (κ3) is 32.6. The van der Waals surface area contributed by atoms with E-state index in [0.717, 1.165) is 25.7 Å². The number of aliphatic carboxylic acids is 1. The van der Waals surface area contributed by atoms with Gasteiger partial charge in [-0.1, -0.05) is 206 Å². The molecule has 0 aromatic rings. The predicted octanol–water partition coefficient (Wildman–Crippen LogP) is 12.1. The minimum atomic E-state index is -0.999. The molecule has 0 bridgehead atoms. The van der Waals surface area contributed by atoms with E-state index in [-0.39, 0.29) is 12.3 Å². The molecule has 45 heavy (non-hydrogen) atoms. The van der Waals surface area contributed by atoms with Crippen molar-refractivity contribution < 1.29 is 14.7 Å². The van der Waals surface area contributed by atoms with Crippen LogP contribution in [-0.2, 0) is 9.59 Å². The molecule has 0 aromatic carbocycles. The standard InChI is InChI=1S/C40H80N2O3/c1-3-5-7-9-11-13-15-17-19-21-23-25-27-29-31-33-35-42(40(45)38(41)37-39(43)44)36-34-32-30-28-26-24-22-20-18-16-14-12-10-8-6-4-2/h38H,3-37,41H2,1-2H3,(H,43,44). The third-order valence-electron chi connectivity index (χ3n) is 9.59. The molecular formula is C40H80N2O3.